The third kappa shape index (κ3) is 3.77. The third-order valence-corrected chi connectivity index (χ3v) is 3.31. The van der Waals surface area contributed by atoms with Crippen molar-refractivity contribution in [2.75, 3.05) is 27.3 Å². The Bertz CT molecular complexity index is 463. The molecule has 5 nitrogen and oxygen atoms in total. The topological polar surface area (TPSA) is 64.8 Å². The summed E-state index contributed by atoms with van der Waals surface area (Å²) in [5.74, 6) is 1.37. The van der Waals surface area contributed by atoms with E-state index in [4.69, 9.17) is 15.2 Å². The van der Waals surface area contributed by atoms with Crippen LogP contribution in [0.3, 0.4) is 0 Å². The van der Waals surface area contributed by atoms with Gasteiger partial charge in [0.2, 0.25) is 5.91 Å². The van der Waals surface area contributed by atoms with Crippen molar-refractivity contribution in [3.63, 3.8) is 0 Å². The molecular weight excluding hydrogens is 280 g/mol. The van der Waals surface area contributed by atoms with Gasteiger partial charge in [0.1, 0.15) is 6.61 Å². The van der Waals surface area contributed by atoms with Crippen LogP contribution in [0.5, 0.6) is 11.5 Å². The first-order valence-electron chi connectivity index (χ1n) is 6.37. The Morgan fingerprint density at radius 3 is 2.50 bits per heavy atom. The first kappa shape index (κ1) is 16.6. The Kier molecular flexibility index (Phi) is 5.65. The van der Waals surface area contributed by atoms with Crippen molar-refractivity contribution in [3.8, 4) is 11.5 Å². The van der Waals surface area contributed by atoms with Gasteiger partial charge in [0.15, 0.2) is 11.5 Å². The van der Waals surface area contributed by atoms with Gasteiger partial charge in [-0.25, -0.2) is 0 Å². The molecule has 1 saturated carbocycles. The second kappa shape index (κ2) is 6.81. The molecule has 0 atom stereocenters. The highest BCUT2D eigenvalue weighted by atomic mass is 35.5. The van der Waals surface area contributed by atoms with Gasteiger partial charge in [-0.15, -0.1) is 12.4 Å². The molecular formula is C14H21ClN2O3. The number of carbonyl (C=O) groups excluding carboxylic acids is 1. The van der Waals surface area contributed by atoms with E-state index in [1.54, 1.807) is 19.1 Å². The van der Waals surface area contributed by atoms with Crippen molar-refractivity contribution in [2.24, 2.45) is 5.73 Å². The van der Waals surface area contributed by atoms with Crippen molar-refractivity contribution in [2.45, 2.75) is 18.4 Å². The van der Waals surface area contributed by atoms with Crippen LogP contribution in [0, 0.1) is 0 Å². The Morgan fingerprint density at radius 2 is 1.95 bits per heavy atom. The van der Waals surface area contributed by atoms with Gasteiger partial charge >= 0.3 is 0 Å². The number of halogens is 1. The van der Waals surface area contributed by atoms with E-state index in [-0.39, 0.29) is 18.3 Å². The van der Waals surface area contributed by atoms with E-state index in [2.05, 4.69) is 0 Å². The van der Waals surface area contributed by atoms with E-state index in [1.807, 2.05) is 24.3 Å². The quantitative estimate of drug-likeness (QED) is 0.863. The van der Waals surface area contributed by atoms with Crippen molar-refractivity contribution in [1.82, 2.24) is 4.90 Å². The van der Waals surface area contributed by atoms with Crippen LogP contribution in [0.4, 0.5) is 0 Å². The van der Waals surface area contributed by atoms with Crippen molar-refractivity contribution in [3.05, 3.63) is 24.3 Å². The van der Waals surface area contributed by atoms with Crippen molar-refractivity contribution >= 4 is 18.3 Å². The van der Waals surface area contributed by atoms with Crippen LogP contribution >= 0.6 is 12.4 Å². The molecule has 1 aliphatic carbocycles. The van der Waals surface area contributed by atoms with Gasteiger partial charge in [0, 0.05) is 7.05 Å². The number of hydrogen-bond donors (Lipinski definition) is 1. The number of benzene rings is 1. The van der Waals surface area contributed by atoms with E-state index in [0.717, 1.165) is 12.8 Å². The maximum atomic E-state index is 11.9. The van der Waals surface area contributed by atoms with E-state index in [9.17, 15) is 4.79 Å². The first-order valence-corrected chi connectivity index (χ1v) is 6.37. The summed E-state index contributed by atoms with van der Waals surface area (Å²) in [5.41, 5.74) is 5.26. The summed E-state index contributed by atoms with van der Waals surface area (Å²) in [6.45, 7) is 0.925. The van der Waals surface area contributed by atoms with Crippen LogP contribution in [0.2, 0.25) is 0 Å². The highest BCUT2D eigenvalue weighted by molar-refractivity contribution is 5.88. The normalized spacial score (nSPS) is 14.9. The molecule has 1 aliphatic rings. The Balaban J connectivity index is 0.00000200. The van der Waals surface area contributed by atoms with E-state index < -0.39 is 5.54 Å². The molecule has 2 N–H and O–H groups in total. The van der Waals surface area contributed by atoms with Crippen LogP contribution in [-0.4, -0.2) is 43.7 Å². The number of nitrogens with zero attached hydrogens (tertiary/aromatic N) is 1. The smallest absolute Gasteiger partial charge is 0.242 e. The molecule has 0 saturated heterocycles. The summed E-state index contributed by atoms with van der Waals surface area (Å²) in [4.78, 5) is 13.5. The molecule has 1 fully saturated rings. The fourth-order valence-electron chi connectivity index (χ4n) is 1.86. The minimum Gasteiger partial charge on any atom is -0.493 e. The van der Waals surface area contributed by atoms with Gasteiger partial charge < -0.3 is 20.1 Å². The number of likely N-dealkylation sites (N-methyl/N-ethyl adjacent to an activating group) is 1. The predicted octanol–water partition coefficient (Wildman–Crippen LogP) is 1.45. The van der Waals surface area contributed by atoms with Gasteiger partial charge in [-0.2, -0.15) is 0 Å². The van der Waals surface area contributed by atoms with E-state index in [0.29, 0.717) is 24.7 Å². The zero-order valence-corrected chi connectivity index (χ0v) is 12.6. The lowest BCUT2D eigenvalue weighted by Gasteiger charge is -2.21. The molecule has 0 unspecified atom stereocenters. The Labute approximate surface area is 125 Å². The first-order chi connectivity index (χ1) is 9.07. The predicted molar refractivity (Wildman–Crippen MR) is 79.5 cm³/mol. The number of rotatable bonds is 6. The molecule has 112 valence electrons. The largest absolute Gasteiger partial charge is 0.493 e. The van der Waals surface area contributed by atoms with Gasteiger partial charge in [-0.3, -0.25) is 4.79 Å². The Morgan fingerprint density at radius 1 is 1.35 bits per heavy atom. The fraction of sp³-hybridized carbons (Fsp3) is 0.500. The van der Waals surface area contributed by atoms with E-state index in [1.165, 1.54) is 0 Å². The lowest BCUT2D eigenvalue weighted by atomic mass is 10.2. The summed E-state index contributed by atoms with van der Waals surface area (Å²) in [7, 11) is 3.35. The molecule has 6 heteroatoms. The molecule has 20 heavy (non-hydrogen) atoms. The number of ether oxygens (including phenoxy) is 2. The highest BCUT2D eigenvalue weighted by Crippen LogP contribution is 2.33. The van der Waals surface area contributed by atoms with Crippen LogP contribution in [0.25, 0.3) is 0 Å². The molecule has 0 aromatic heterocycles. The SMILES string of the molecule is COc1ccccc1OCCN(C)C(=O)C1(N)CC1.Cl. The summed E-state index contributed by atoms with van der Waals surface area (Å²) >= 11 is 0. The Hall–Kier alpha value is -1.46. The fourth-order valence-corrected chi connectivity index (χ4v) is 1.86. The molecule has 1 aromatic rings. The minimum absolute atomic E-state index is 0. The van der Waals surface area contributed by atoms with Crippen molar-refractivity contribution in [1.29, 1.82) is 0 Å². The zero-order chi connectivity index (χ0) is 13.9. The van der Waals surface area contributed by atoms with Crippen molar-refractivity contribution < 1.29 is 14.3 Å². The van der Waals surface area contributed by atoms with E-state index >= 15 is 0 Å². The summed E-state index contributed by atoms with van der Waals surface area (Å²) in [6.07, 6.45) is 1.56. The summed E-state index contributed by atoms with van der Waals surface area (Å²) in [6, 6.07) is 7.44. The van der Waals surface area contributed by atoms with Gasteiger partial charge in [-0.1, -0.05) is 12.1 Å². The molecule has 0 spiro atoms. The number of nitrogens with two attached hydrogens (primary N) is 1. The van der Waals surface area contributed by atoms with Crippen LogP contribution < -0.4 is 15.2 Å². The number of hydrogen-bond acceptors (Lipinski definition) is 4. The molecule has 0 radical (unpaired) electrons. The number of methoxy groups -OCH3 is 1. The number of para-hydroxylation sites is 2. The standard InChI is InChI=1S/C14H20N2O3.ClH/c1-16(13(17)14(15)7-8-14)9-10-19-12-6-4-3-5-11(12)18-2;/h3-6H,7-10,15H2,1-2H3;1H. The molecule has 1 amide bonds. The molecule has 0 aliphatic heterocycles. The summed E-state index contributed by atoms with van der Waals surface area (Å²) < 4.78 is 10.8. The average molecular weight is 301 g/mol. The highest BCUT2D eigenvalue weighted by Gasteiger charge is 2.47. The van der Waals surface area contributed by atoms with Gasteiger partial charge in [-0.05, 0) is 25.0 Å². The lowest BCUT2D eigenvalue weighted by molar-refractivity contribution is -0.132. The second-order valence-electron chi connectivity index (χ2n) is 4.88. The van der Waals surface area contributed by atoms with Crippen LogP contribution in [0.1, 0.15) is 12.8 Å². The lowest BCUT2D eigenvalue weighted by Crippen LogP contribution is -2.45. The average Bonchev–Trinajstić information content (AvgIpc) is 3.17. The zero-order valence-electron chi connectivity index (χ0n) is 11.8. The van der Waals surface area contributed by atoms with Gasteiger partial charge in [0.05, 0.1) is 19.2 Å². The third-order valence-electron chi connectivity index (χ3n) is 3.31. The molecule has 2 rings (SSSR count). The minimum atomic E-state index is -0.612. The molecule has 0 bridgehead atoms. The second-order valence-corrected chi connectivity index (χ2v) is 4.88. The maximum absolute atomic E-state index is 11.9. The molecule has 0 heterocycles. The summed E-state index contributed by atoms with van der Waals surface area (Å²) in [5, 5.41) is 0. The maximum Gasteiger partial charge on any atom is 0.242 e. The van der Waals surface area contributed by atoms with Gasteiger partial charge in [0.25, 0.3) is 0 Å². The number of amides is 1. The number of carbonyl (C=O) groups is 1. The van der Waals surface area contributed by atoms with Crippen LogP contribution in [0.15, 0.2) is 24.3 Å². The molecule has 1 aromatic carbocycles. The van der Waals surface area contributed by atoms with Crippen LogP contribution in [-0.2, 0) is 4.79 Å². The monoisotopic (exact) mass is 300 g/mol.